The minimum absolute atomic E-state index is 0.0726. The molecule has 4 heteroatoms. The number of hydrogen-bond acceptors (Lipinski definition) is 4. The minimum atomic E-state index is 0.0726. The SMILES string of the molecule is CCOc1ccc(C(N)CN2CCCC2CN(C)C)cc1. The topological polar surface area (TPSA) is 41.7 Å². The van der Waals surface area contributed by atoms with Crippen LogP contribution in [0.1, 0.15) is 31.4 Å². The molecule has 0 spiro atoms. The molecule has 2 rings (SSSR count). The van der Waals surface area contributed by atoms with Crippen molar-refractivity contribution in [1.82, 2.24) is 9.80 Å². The highest BCUT2D eigenvalue weighted by molar-refractivity contribution is 5.29. The van der Waals surface area contributed by atoms with Gasteiger partial charge in [-0.25, -0.2) is 0 Å². The lowest BCUT2D eigenvalue weighted by atomic mass is 10.1. The van der Waals surface area contributed by atoms with Crippen molar-refractivity contribution in [3.8, 4) is 5.75 Å². The second-order valence-corrected chi connectivity index (χ2v) is 6.16. The Labute approximate surface area is 128 Å². The van der Waals surface area contributed by atoms with E-state index >= 15 is 0 Å². The number of likely N-dealkylation sites (N-methyl/N-ethyl adjacent to an activating group) is 1. The predicted molar refractivity (Wildman–Crippen MR) is 87.7 cm³/mol. The molecule has 0 radical (unpaired) electrons. The fourth-order valence-corrected chi connectivity index (χ4v) is 3.10. The Bertz CT molecular complexity index is 419. The van der Waals surface area contributed by atoms with Gasteiger partial charge in [0, 0.05) is 25.2 Å². The molecule has 4 nitrogen and oxygen atoms in total. The second kappa shape index (κ2) is 7.78. The average molecular weight is 291 g/mol. The maximum atomic E-state index is 6.40. The van der Waals surface area contributed by atoms with Crippen molar-refractivity contribution in [2.24, 2.45) is 5.73 Å². The highest BCUT2D eigenvalue weighted by Crippen LogP contribution is 2.22. The third-order valence-electron chi connectivity index (χ3n) is 4.13. The number of likely N-dealkylation sites (tertiary alicyclic amines) is 1. The van der Waals surface area contributed by atoms with Crippen LogP contribution in [0.3, 0.4) is 0 Å². The van der Waals surface area contributed by atoms with E-state index < -0.39 is 0 Å². The maximum Gasteiger partial charge on any atom is 0.119 e. The van der Waals surface area contributed by atoms with Gasteiger partial charge in [0.1, 0.15) is 5.75 Å². The first kappa shape index (κ1) is 16.3. The molecule has 0 aromatic heterocycles. The Hall–Kier alpha value is -1.10. The van der Waals surface area contributed by atoms with Gasteiger partial charge in [0.25, 0.3) is 0 Å². The summed E-state index contributed by atoms with van der Waals surface area (Å²) in [5.74, 6) is 0.917. The van der Waals surface area contributed by atoms with E-state index in [9.17, 15) is 0 Å². The van der Waals surface area contributed by atoms with Crippen LogP contribution in [0.15, 0.2) is 24.3 Å². The van der Waals surface area contributed by atoms with Crippen LogP contribution in [0.4, 0.5) is 0 Å². The first-order valence-electron chi connectivity index (χ1n) is 7.97. The maximum absolute atomic E-state index is 6.40. The molecule has 0 saturated carbocycles. The summed E-state index contributed by atoms with van der Waals surface area (Å²) in [6, 6.07) is 8.93. The fraction of sp³-hybridized carbons (Fsp3) is 0.647. The van der Waals surface area contributed by atoms with E-state index in [4.69, 9.17) is 10.5 Å². The normalized spacial score (nSPS) is 20.9. The molecule has 2 atom stereocenters. The molecule has 1 aromatic rings. The van der Waals surface area contributed by atoms with E-state index in [0.717, 1.165) is 18.8 Å². The molecule has 0 amide bonds. The van der Waals surface area contributed by atoms with Crippen molar-refractivity contribution in [3.63, 3.8) is 0 Å². The lowest BCUT2D eigenvalue weighted by Crippen LogP contribution is -2.41. The van der Waals surface area contributed by atoms with Crippen LogP contribution in [-0.4, -0.2) is 56.2 Å². The molecule has 1 aromatic carbocycles. The van der Waals surface area contributed by atoms with Gasteiger partial charge in [-0.1, -0.05) is 12.1 Å². The number of hydrogen-bond donors (Lipinski definition) is 1. The summed E-state index contributed by atoms with van der Waals surface area (Å²) in [4.78, 5) is 4.81. The highest BCUT2D eigenvalue weighted by atomic mass is 16.5. The number of nitrogens with two attached hydrogens (primary N) is 1. The van der Waals surface area contributed by atoms with E-state index in [2.05, 4.69) is 36.0 Å². The first-order chi connectivity index (χ1) is 10.1. The Morgan fingerprint density at radius 3 is 2.67 bits per heavy atom. The fourth-order valence-electron chi connectivity index (χ4n) is 3.10. The summed E-state index contributed by atoms with van der Waals surface area (Å²) in [5, 5.41) is 0. The van der Waals surface area contributed by atoms with Crippen molar-refractivity contribution in [2.75, 3.05) is 40.3 Å². The van der Waals surface area contributed by atoms with E-state index in [0.29, 0.717) is 12.6 Å². The lowest BCUT2D eigenvalue weighted by Gasteiger charge is -2.29. The summed E-state index contributed by atoms with van der Waals surface area (Å²) in [6.45, 7) is 5.93. The molecule has 2 unspecified atom stereocenters. The van der Waals surface area contributed by atoms with E-state index in [1.165, 1.54) is 24.9 Å². The van der Waals surface area contributed by atoms with Crippen LogP contribution < -0.4 is 10.5 Å². The zero-order valence-electron chi connectivity index (χ0n) is 13.6. The molecule has 118 valence electrons. The van der Waals surface area contributed by atoms with Crippen LogP contribution in [-0.2, 0) is 0 Å². The van der Waals surface area contributed by atoms with Gasteiger partial charge in [-0.2, -0.15) is 0 Å². The molecule has 0 bridgehead atoms. The minimum Gasteiger partial charge on any atom is -0.494 e. The standard InChI is InChI=1S/C17H29N3O/c1-4-21-16-9-7-14(8-10-16)17(18)13-20-11-5-6-15(20)12-19(2)3/h7-10,15,17H,4-6,11-13,18H2,1-3H3. The summed E-state index contributed by atoms with van der Waals surface area (Å²) in [6.07, 6.45) is 2.57. The number of ether oxygens (including phenoxy) is 1. The quantitative estimate of drug-likeness (QED) is 0.835. The van der Waals surface area contributed by atoms with Crippen molar-refractivity contribution in [2.45, 2.75) is 31.8 Å². The van der Waals surface area contributed by atoms with Gasteiger partial charge >= 0.3 is 0 Å². The van der Waals surface area contributed by atoms with Crippen molar-refractivity contribution < 1.29 is 4.74 Å². The third kappa shape index (κ3) is 4.70. The van der Waals surface area contributed by atoms with Crippen LogP contribution in [0.2, 0.25) is 0 Å². The Morgan fingerprint density at radius 2 is 2.05 bits per heavy atom. The van der Waals surface area contributed by atoms with E-state index in [1.807, 2.05) is 19.1 Å². The van der Waals surface area contributed by atoms with Gasteiger partial charge in [-0.15, -0.1) is 0 Å². The largest absolute Gasteiger partial charge is 0.494 e. The smallest absolute Gasteiger partial charge is 0.119 e. The van der Waals surface area contributed by atoms with Crippen LogP contribution >= 0.6 is 0 Å². The van der Waals surface area contributed by atoms with Gasteiger partial charge in [0.05, 0.1) is 6.61 Å². The summed E-state index contributed by atoms with van der Waals surface area (Å²) in [7, 11) is 4.28. The molecule has 0 aliphatic carbocycles. The number of rotatable bonds is 7. The Morgan fingerprint density at radius 1 is 1.33 bits per heavy atom. The Kier molecular flexibility index (Phi) is 6.03. The Balaban J connectivity index is 1.92. The van der Waals surface area contributed by atoms with Crippen molar-refractivity contribution in [3.05, 3.63) is 29.8 Å². The summed E-state index contributed by atoms with van der Waals surface area (Å²) >= 11 is 0. The van der Waals surface area contributed by atoms with Gasteiger partial charge in [0.2, 0.25) is 0 Å². The molecule has 1 aliphatic rings. The lowest BCUT2D eigenvalue weighted by molar-refractivity contribution is 0.198. The van der Waals surface area contributed by atoms with Crippen LogP contribution in [0, 0.1) is 0 Å². The van der Waals surface area contributed by atoms with E-state index in [1.54, 1.807) is 0 Å². The highest BCUT2D eigenvalue weighted by Gasteiger charge is 2.26. The molecular formula is C17H29N3O. The molecule has 1 heterocycles. The van der Waals surface area contributed by atoms with Crippen molar-refractivity contribution in [1.29, 1.82) is 0 Å². The third-order valence-corrected chi connectivity index (χ3v) is 4.13. The second-order valence-electron chi connectivity index (χ2n) is 6.16. The molecule has 1 aliphatic heterocycles. The monoisotopic (exact) mass is 291 g/mol. The zero-order valence-corrected chi connectivity index (χ0v) is 13.6. The molecule has 21 heavy (non-hydrogen) atoms. The van der Waals surface area contributed by atoms with Gasteiger partial charge in [-0.05, 0) is 58.1 Å². The van der Waals surface area contributed by atoms with Gasteiger partial charge < -0.3 is 15.4 Å². The number of nitrogens with zero attached hydrogens (tertiary/aromatic N) is 2. The number of benzene rings is 1. The first-order valence-corrected chi connectivity index (χ1v) is 7.97. The van der Waals surface area contributed by atoms with Gasteiger partial charge in [-0.3, -0.25) is 4.90 Å². The average Bonchev–Trinajstić information content (AvgIpc) is 2.86. The van der Waals surface area contributed by atoms with Crippen LogP contribution in [0.25, 0.3) is 0 Å². The molecule has 2 N–H and O–H groups in total. The molecule has 1 fully saturated rings. The van der Waals surface area contributed by atoms with Crippen LogP contribution in [0.5, 0.6) is 5.75 Å². The van der Waals surface area contributed by atoms with Crippen molar-refractivity contribution >= 4 is 0 Å². The van der Waals surface area contributed by atoms with Gasteiger partial charge in [0.15, 0.2) is 0 Å². The zero-order chi connectivity index (χ0) is 15.2. The summed E-state index contributed by atoms with van der Waals surface area (Å²) < 4.78 is 5.48. The predicted octanol–water partition coefficient (Wildman–Crippen LogP) is 2.11. The molecule has 1 saturated heterocycles. The van der Waals surface area contributed by atoms with E-state index in [-0.39, 0.29) is 6.04 Å². The summed E-state index contributed by atoms with van der Waals surface area (Å²) in [5.41, 5.74) is 7.58. The molecular weight excluding hydrogens is 262 g/mol.